The van der Waals surface area contributed by atoms with Crippen molar-refractivity contribution in [1.82, 2.24) is 9.67 Å². The van der Waals surface area contributed by atoms with Crippen LogP contribution in [0.4, 0.5) is 0 Å². The van der Waals surface area contributed by atoms with Crippen molar-refractivity contribution in [3.63, 3.8) is 0 Å². The van der Waals surface area contributed by atoms with E-state index in [1.807, 2.05) is 0 Å². The third kappa shape index (κ3) is 4.44. The molecule has 0 saturated heterocycles. The summed E-state index contributed by atoms with van der Waals surface area (Å²) in [6.45, 7) is 0. The zero-order chi connectivity index (χ0) is 32.3. The van der Waals surface area contributed by atoms with Gasteiger partial charge in [0.15, 0.2) is 0 Å². The van der Waals surface area contributed by atoms with Gasteiger partial charge in [-0.05, 0) is 63.9 Å². The third-order valence-electron chi connectivity index (χ3n) is 9.84. The fraction of sp³-hybridized carbons (Fsp3) is 0. The monoisotopic (exact) mass is 624 g/mol. The zero-order valence-electron chi connectivity index (χ0n) is 26.7. The summed E-state index contributed by atoms with van der Waals surface area (Å²) < 4.78 is 4.51. The van der Waals surface area contributed by atoms with Crippen LogP contribution in [-0.2, 0) is 0 Å². The largest absolute Gasteiger partial charge is 0.246 e. The standard InChI is InChI=1S/C46H30N3/c1-2-13-38(14-3-1)49-43-17-9-6-12-36(43)30-48(49)37-26-22-32(23-27-37)31-18-20-35(21-19-31)44-41-28-24-33-10-4-7-15-39(33)45(41)47-46-40-16-8-5-11-34(40)25-29-42(44)46/h1-30H/q+1. The van der Waals surface area contributed by atoms with Gasteiger partial charge in [0, 0.05) is 39.2 Å². The van der Waals surface area contributed by atoms with E-state index in [-0.39, 0.29) is 0 Å². The van der Waals surface area contributed by atoms with Gasteiger partial charge < -0.3 is 0 Å². The molecule has 3 heteroatoms. The van der Waals surface area contributed by atoms with Gasteiger partial charge in [-0.25, -0.2) is 4.98 Å². The summed E-state index contributed by atoms with van der Waals surface area (Å²) in [6.07, 6.45) is 2.21. The minimum atomic E-state index is 1.04. The molecule has 0 unspecified atom stereocenters. The number of aromatic nitrogens is 3. The predicted molar refractivity (Wildman–Crippen MR) is 203 cm³/mol. The summed E-state index contributed by atoms with van der Waals surface area (Å²) in [6, 6.07) is 63.0. The lowest BCUT2D eigenvalue weighted by molar-refractivity contribution is -0.672. The highest BCUT2D eigenvalue weighted by Crippen LogP contribution is 2.40. The zero-order valence-corrected chi connectivity index (χ0v) is 26.7. The van der Waals surface area contributed by atoms with Crippen molar-refractivity contribution < 1.29 is 4.68 Å². The van der Waals surface area contributed by atoms with Crippen LogP contribution in [0.25, 0.3) is 87.9 Å². The van der Waals surface area contributed by atoms with Gasteiger partial charge in [0.25, 0.3) is 0 Å². The summed E-state index contributed by atoms with van der Waals surface area (Å²) in [5, 5.41) is 8.30. The van der Waals surface area contributed by atoms with E-state index >= 15 is 0 Å². The fourth-order valence-corrected chi connectivity index (χ4v) is 7.48. The SMILES string of the molecule is c1ccc(-n2c3ccccc3c[n+]2-c2ccc(-c3ccc(-c4c5ccc6ccccc6c5nc5c4ccc4ccccc45)cc3)cc2)cc1. The number of rotatable bonds is 4. The molecule has 0 atom stereocenters. The number of hydrogen-bond donors (Lipinski definition) is 0. The molecular weight excluding hydrogens is 595 g/mol. The summed E-state index contributed by atoms with van der Waals surface area (Å²) in [5.41, 5.74) is 10.3. The molecule has 0 radical (unpaired) electrons. The van der Waals surface area contributed by atoms with Gasteiger partial charge in [-0.15, -0.1) is 4.68 Å². The third-order valence-corrected chi connectivity index (χ3v) is 9.84. The summed E-state index contributed by atoms with van der Waals surface area (Å²) in [7, 11) is 0. The summed E-state index contributed by atoms with van der Waals surface area (Å²) in [5.74, 6) is 0. The Morgan fingerprint density at radius 1 is 0.388 bits per heavy atom. The van der Waals surface area contributed by atoms with Crippen LogP contribution in [0.2, 0.25) is 0 Å². The molecule has 10 rings (SSSR count). The Morgan fingerprint density at radius 3 is 1.53 bits per heavy atom. The first-order valence-corrected chi connectivity index (χ1v) is 16.7. The van der Waals surface area contributed by atoms with Crippen molar-refractivity contribution in [3.8, 4) is 33.6 Å². The minimum absolute atomic E-state index is 1.04. The highest BCUT2D eigenvalue weighted by molar-refractivity contribution is 6.21. The molecule has 49 heavy (non-hydrogen) atoms. The van der Waals surface area contributed by atoms with Crippen LogP contribution in [0.1, 0.15) is 0 Å². The van der Waals surface area contributed by atoms with Crippen LogP contribution >= 0.6 is 0 Å². The Morgan fingerprint density at radius 2 is 0.898 bits per heavy atom. The molecule has 3 nitrogen and oxygen atoms in total. The van der Waals surface area contributed by atoms with Crippen LogP contribution in [0.3, 0.4) is 0 Å². The number of nitrogens with zero attached hydrogens (tertiary/aromatic N) is 3. The van der Waals surface area contributed by atoms with Crippen molar-refractivity contribution in [2.24, 2.45) is 0 Å². The molecule has 10 aromatic rings. The second-order valence-corrected chi connectivity index (χ2v) is 12.7. The number of fused-ring (bicyclic) bond motifs is 7. The van der Waals surface area contributed by atoms with Gasteiger partial charge in [-0.1, -0.05) is 132 Å². The molecule has 0 aliphatic heterocycles. The van der Waals surface area contributed by atoms with Crippen molar-refractivity contribution in [1.29, 1.82) is 0 Å². The highest BCUT2D eigenvalue weighted by atomic mass is 15.4. The normalized spacial score (nSPS) is 11.7. The summed E-state index contributed by atoms with van der Waals surface area (Å²) >= 11 is 0. The number of para-hydroxylation sites is 2. The predicted octanol–water partition coefficient (Wildman–Crippen LogP) is 11.2. The molecule has 0 amide bonds. The van der Waals surface area contributed by atoms with Gasteiger partial charge in [0.05, 0.1) is 16.4 Å². The highest BCUT2D eigenvalue weighted by Gasteiger charge is 2.20. The van der Waals surface area contributed by atoms with Gasteiger partial charge in [0.1, 0.15) is 11.2 Å². The lowest BCUT2D eigenvalue weighted by Crippen LogP contribution is -2.39. The van der Waals surface area contributed by atoms with Crippen LogP contribution in [0.5, 0.6) is 0 Å². The number of hydrogen-bond acceptors (Lipinski definition) is 1. The molecule has 2 aromatic heterocycles. The average molecular weight is 625 g/mol. The molecular formula is C46H30N3+. The van der Waals surface area contributed by atoms with Crippen LogP contribution in [0.15, 0.2) is 182 Å². The van der Waals surface area contributed by atoms with Gasteiger partial charge >= 0.3 is 0 Å². The van der Waals surface area contributed by atoms with Gasteiger partial charge in [-0.2, -0.15) is 0 Å². The van der Waals surface area contributed by atoms with Crippen LogP contribution in [-0.4, -0.2) is 9.67 Å². The number of benzene rings is 8. The summed E-state index contributed by atoms with van der Waals surface area (Å²) in [4.78, 5) is 5.35. The van der Waals surface area contributed by atoms with E-state index in [4.69, 9.17) is 4.98 Å². The lowest BCUT2D eigenvalue weighted by atomic mass is 9.91. The van der Waals surface area contributed by atoms with Crippen LogP contribution in [0, 0.1) is 0 Å². The van der Waals surface area contributed by atoms with Gasteiger partial charge in [-0.3, -0.25) is 0 Å². The van der Waals surface area contributed by atoms with E-state index in [1.165, 1.54) is 65.5 Å². The van der Waals surface area contributed by atoms with E-state index in [0.29, 0.717) is 0 Å². The van der Waals surface area contributed by atoms with Crippen molar-refractivity contribution in [2.45, 2.75) is 0 Å². The lowest BCUT2D eigenvalue weighted by Gasteiger charge is -2.15. The van der Waals surface area contributed by atoms with Gasteiger partial charge in [0.2, 0.25) is 11.9 Å². The van der Waals surface area contributed by atoms with E-state index in [9.17, 15) is 0 Å². The second kappa shape index (κ2) is 11.0. The van der Waals surface area contributed by atoms with Crippen LogP contribution < -0.4 is 4.68 Å². The van der Waals surface area contributed by atoms with E-state index in [2.05, 4.69) is 191 Å². The molecule has 0 N–H and O–H groups in total. The molecule has 0 aliphatic rings. The van der Waals surface area contributed by atoms with Crippen molar-refractivity contribution >= 4 is 54.3 Å². The van der Waals surface area contributed by atoms with Crippen molar-refractivity contribution in [2.75, 3.05) is 0 Å². The molecule has 0 bridgehead atoms. The molecule has 228 valence electrons. The quantitative estimate of drug-likeness (QED) is 0.108. The van der Waals surface area contributed by atoms with E-state index < -0.39 is 0 Å². The smallest absolute Gasteiger partial charge is 0.236 e. The molecule has 0 spiro atoms. The maximum Gasteiger partial charge on any atom is 0.236 e. The molecule has 0 fully saturated rings. The first kappa shape index (κ1) is 27.5. The Balaban J connectivity index is 1.09. The minimum Gasteiger partial charge on any atom is -0.246 e. The topological polar surface area (TPSA) is 21.7 Å². The average Bonchev–Trinajstić information content (AvgIpc) is 3.57. The molecule has 0 aliphatic carbocycles. The van der Waals surface area contributed by atoms with E-state index in [0.717, 1.165) is 22.4 Å². The maximum absolute atomic E-state index is 5.35. The molecule has 2 heterocycles. The Labute approximate surface area is 283 Å². The fourth-order valence-electron chi connectivity index (χ4n) is 7.48. The second-order valence-electron chi connectivity index (χ2n) is 12.7. The Kier molecular flexibility index (Phi) is 6.18. The first-order chi connectivity index (χ1) is 24.3. The number of pyridine rings is 1. The maximum atomic E-state index is 5.35. The first-order valence-electron chi connectivity index (χ1n) is 16.7. The molecule has 8 aromatic carbocycles. The molecule has 0 saturated carbocycles. The Bertz CT molecular complexity index is 2760. The Hall–Kier alpha value is -6.58. The van der Waals surface area contributed by atoms with Crippen molar-refractivity contribution in [3.05, 3.63) is 182 Å². The van der Waals surface area contributed by atoms with E-state index in [1.54, 1.807) is 0 Å².